The molecule has 0 aliphatic carbocycles. The molecule has 0 saturated carbocycles. The summed E-state index contributed by atoms with van der Waals surface area (Å²) in [6.07, 6.45) is -0.428. The smallest absolute Gasteiger partial charge is 0.408 e. The molecule has 0 fully saturated rings. The van der Waals surface area contributed by atoms with Crippen LogP contribution in [0.4, 0.5) is 4.79 Å². The van der Waals surface area contributed by atoms with Crippen LogP contribution in [0.15, 0.2) is 58.7 Å². The average Bonchev–Trinajstić information content (AvgIpc) is 3.17. The highest BCUT2D eigenvalue weighted by Crippen LogP contribution is 2.30. The Morgan fingerprint density at radius 1 is 1.03 bits per heavy atom. The minimum atomic E-state index is -0.526. The maximum atomic E-state index is 12.2. The molecule has 0 aliphatic rings. The van der Waals surface area contributed by atoms with Crippen molar-refractivity contribution in [2.24, 2.45) is 0 Å². The summed E-state index contributed by atoms with van der Waals surface area (Å²) in [5, 5.41) is 6.82. The first-order valence-electron chi connectivity index (χ1n) is 9.84. The van der Waals surface area contributed by atoms with Crippen LogP contribution in [0.2, 0.25) is 0 Å². The molecule has 2 aromatic heterocycles. The number of aromatic nitrogens is 1. The van der Waals surface area contributed by atoms with Crippen LogP contribution < -0.4 is 10.9 Å². The Kier molecular flexibility index (Phi) is 5.12. The zero-order valence-electron chi connectivity index (χ0n) is 17.4. The quantitative estimate of drug-likeness (QED) is 0.427. The van der Waals surface area contributed by atoms with Crippen LogP contribution in [-0.4, -0.2) is 16.7 Å². The number of aromatic amines is 1. The van der Waals surface area contributed by atoms with Gasteiger partial charge in [0, 0.05) is 16.3 Å². The zero-order chi connectivity index (χ0) is 21.5. The third kappa shape index (κ3) is 4.09. The van der Waals surface area contributed by atoms with Crippen molar-refractivity contribution in [2.75, 3.05) is 0 Å². The van der Waals surface area contributed by atoms with E-state index in [1.54, 1.807) is 0 Å². The second kappa shape index (κ2) is 7.61. The lowest BCUT2D eigenvalue weighted by Crippen LogP contribution is -2.34. The molecule has 6 heteroatoms. The van der Waals surface area contributed by atoms with Crippen LogP contribution in [0.25, 0.3) is 32.1 Å². The molecule has 1 unspecified atom stereocenters. The SMILES string of the molecule is CC(NC(=O)OC(C)(C)C)c1ccc(-c2ccc3[nH]c(=O)c4sccc4c3c2)cc1. The molecule has 2 heterocycles. The van der Waals surface area contributed by atoms with Gasteiger partial charge in [-0.15, -0.1) is 11.3 Å². The predicted molar refractivity (Wildman–Crippen MR) is 123 cm³/mol. The monoisotopic (exact) mass is 420 g/mol. The van der Waals surface area contributed by atoms with Gasteiger partial charge in [-0.3, -0.25) is 4.79 Å². The Morgan fingerprint density at radius 3 is 2.43 bits per heavy atom. The number of ether oxygens (including phenoxy) is 1. The number of rotatable bonds is 3. The van der Waals surface area contributed by atoms with E-state index in [1.807, 2.05) is 75.5 Å². The number of benzene rings is 2. The van der Waals surface area contributed by atoms with Crippen molar-refractivity contribution in [1.29, 1.82) is 0 Å². The summed E-state index contributed by atoms with van der Waals surface area (Å²) in [7, 11) is 0. The molecule has 0 saturated heterocycles. The van der Waals surface area contributed by atoms with Crippen LogP contribution in [-0.2, 0) is 4.74 Å². The Morgan fingerprint density at radius 2 is 1.73 bits per heavy atom. The number of thiophene rings is 1. The summed E-state index contributed by atoms with van der Waals surface area (Å²) < 4.78 is 6.07. The second-order valence-electron chi connectivity index (χ2n) is 8.37. The molecule has 2 aromatic carbocycles. The van der Waals surface area contributed by atoms with E-state index in [0.717, 1.165) is 37.7 Å². The van der Waals surface area contributed by atoms with Crippen molar-refractivity contribution < 1.29 is 9.53 Å². The summed E-state index contributed by atoms with van der Waals surface area (Å²) in [4.78, 5) is 27.1. The van der Waals surface area contributed by atoms with E-state index >= 15 is 0 Å². The van der Waals surface area contributed by atoms with Gasteiger partial charge in [0.05, 0.1) is 6.04 Å². The second-order valence-corrected chi connectivity index (χ2v) is 9.28. The lowest BCUT2D eigenvalue weighted by Gasteiger charge is -2.22. The molecule has 0 radical (unpaired) electrons. The van der Waals surface area contributed by atoms with Crippen molar-refractivity contribution in [1.82, 2.24) is 10.3 Å². The van der Waals surface area contributed by atoms with Crippen molar-refractivity contribution in [3.63, 3.8) is 0 Å². The number of pyridine rings is 1. The molecule has 5 nitrogen and oxygen atoms in total. The van der Waals surface area contributed by atoms with Gasteiger partial charge < -0.3 is 15.0 Å². The topological polar surface area (TPSA) is 71.2 Å². The molecule has 0 spiro atoms. The molecule has 0 aliphatic heterocycles. The first-order chi connectivity index (χ1) is 14.2. The number of fused-ring (bicyclic) bond motifs is 3. The van der Waals surface area contributed by atoms with E-state index in [2.05, 4.69) is 16.4 Å². The predicted octanol–water partition coefficient (Wildman–Crippen LogP) is 6.00. The highest BCUT2D eigenvalue weighted by Gasteiger charge is 2.18. The van der Waals surface area contributed by atoms with E-state index < -0.39 is 11.7 Å². The number of alkyl carbamates (subject to hydrolysis) is 1. The van der Waals surface area contributed by atoms with Gasteiger partial charge in [-0.1, -0.05) is 30.3 Å². The van der Waals surface area contributed by atoms with Gasteiger partial charge in [0.2, 0.25) is 0 Å². The van der Waals surface area contributed by atoms with Gasteiger partial charge in [-0.2, -0.15) is 0 Å². The highest BCUT2D eigenvalue weighted by atomic mass is 32.1. The van der Waals surface area contributed by atoms with E-state index in [1.165, 1.54) is 11.3 Å². The van der Waals surface area contributed by atoms with Gasteiger partial charge in [-0.25, -0.2) is 4.79 Å². The van der Waals surface area contributed by atoms with E-state index in [4.69, 9.17) is 4.74 Å². The van der Waals surface area contributed by atoms with Crippen molar-refractivity contribution in [3.05, 3.63) is 69.8 Å². The molecule has 4 aromatic rings. The van der Waals surface area contributed by atoms with E-state index in [0.29, 0.717) is 0 Å². The Labute approximate surface area is 178 Å². The average molecular weight is 421 g/mol. The summed E-state index contributed by atoms with van der Waals surface area (Å²) >= 11 is 1.46. The zero-order valence-corrected chi connectivity index (χ0v) is 18.2. The van der Waals surface area contributed by atoms with Crippen LogP contribution in [0.1, 0.15) is 39.3 Å². The molecule has 4 rings (SSSR count). The summed E-state index contributed by atoms with van der Waals surface area (Å²) in [5.41, 5.74) is 3.40. The van der Waals surface area contributed by atoms with Crippen LogP contribution in [0, 0.1) is 0 Å². The molecular formula is C24H24N2O3S. The minimum Gasteiger partial charge on any atom is -0.444 e. The van der Waals surface area contributed by atoms with Crippen LogP contribution in [0.5, 0.6) is 0 Å². The number of carbonyl (C=O) groups excluding carboxylic acids is 1. The molecule has 154 valence electrons. The fourth-order valence-electron chi connectivity index (χ4n) is 3.46. The lowest BCUT2D eigenvalue weighted by atomic mass is 9.99. The van der Waals surface area contributed by atoms with Gasteiger partial charge >= 0.3 is 6.09 Å². The van der Waals surface area contributed by atoms with Crippen molar-refractivity contribution in [3.8, 4) is 11.1 Å². The highest BCUT2D eigenvalue weighted by molar-refractivity contribution is 7.17. The maximum absolute atomic E-state index is 12.2. The van der Waals surface area contributed by atoms with Crippen molar-refractivity contribution >= 4 is 38.4 Å². The normalized spacial score (nSPS) is 12.8. The number of H-pyrrole nitrogens is 1. The number of nitrogens with one attached hydrogen (secondary N) is 2. The lowest BCUT2D eigenvalue weighted by molar-refractivity contribution is 0.0508. The van der Waals surface area contributed by atoms with Crippen molar-refractivity contribution in [2.45, 2.75) is 39.3 Å². The number of hydrogen-bond acceptors (Lipinski definition) is 4. The number of carbonyl (C=O) groups is 1. The number of hydrogen-bond donors (Lipinski definition) is 2. The summed E-state index contributed by atoms with van der Waals surface area (Å²) in [6, 6.07) is 16.0. The first-order valence-corrected chi connectivity index (χ1v) is 10.7. The standard InChI is InChI=1S/C24H24N2O3S/c1-14(25-23(28)29-24(2,3)4)15-5-7-16(8-6-15)17-9-10-20-19(13-17)18-11-12-30-21(18)22(27)26-20/h5-14H,1-4H3,(H,25,28)(H,26,27). The first kappa shape index (κ1) is 20.2. The third-order valence-electron chi connectivity index (χ3n) is 4.91. The summed E-state index contributed by atoms with van der Waals surface area (Å²) in [5.74, 6) is 0. The molecule has 0 bridgehead atoms. The number of amides is 1. The fourth-order valence-corrected chi connectivity index (χ4v) is 4.27. The molecule has 30 heavy (non-hydrogen) atoms. The largest absolute Gasteiger partial charge is 0.444 e. The third-order valence-corrected chi connectivity index (χ3v) is 5.82. The van der Waals surface area contributed by atoms with E-state index in [-0.39, 0.29) is 11.6 Å². The Bertz CT molecular complexity index is 1280. The molecule has 1 atom stereocenters. The molecule has 1 amide bonds. The minimum absolute atomic E-state index is 0.0453. The summed E-state index contributed by atoms with van der Waals surface area (Å²) in [6.45, 7) is 7.46. The maximum Gasteiger partial charge on any atom is 0.408 e. The van der Waals surface area contributed by atoms with Gasteiger partial charge in [0.25, 0.3) is 5.56 Å². The van der Waals surface area contributed by atoms with Crippen LogP contribution in [0.3, 0.4) is 0 Å². The Hall–Kier alpha value is -3.12. The van der Waals surface area contributed by atoms with Gasteiger partial charge in [-0.05, 0) is 68.0 Å². The fraction of sp³-hybridized carbons (Fsp3) is 0.250. The molecular weight excluding hydrogens is 396 g/mol. The van der Waals surface area contributed by atoms with E-state index in [9.17, 15) is 9.59 Å². The van der Waals surface area contributed by atoms with Gasteiger partial charge in [0.1, 0.15) is 10.3 Å². The van der Waals surface area contributed by atoms with Gasteiger partial charge in [0.15, 0.2) is 0 Å². The van der Waals surface area contributed by atoms with Crippen LogP contribution >= 0.6 is 11.3 Å². The Balaban J connectivity index is 1.59. The molecule has 2 N–H and O–H groups in total.